The minimum absolute atomic E-state index is 0.0514. The second-order valence-electron chi connectivity index (χ2n) is 5.06. The van der Waals surface area contributed by atoms with Crippen molar-refractivity contribution in [2.45, 2.75) is 45.1 Å². The summed E-state index contributed by atoms with van der Waals surface area (Å²) in [7, 11) is 0. The van der Waals surface area contributed by atoms with Gasteiger partial charge in [-0.1, -0.05) is 13.3 Å². The smallest absolute Gasteiger partial charge is 0.255 e. The summed E-state index contributed by atoms with van der Waals surface area (Å²) >= 11 is 3.34. The number of rotatable bonds is 3. The maximum absolute atomic E-state index is 13.3. The van der Waals surface area contributed by atoms with Gasteiger partial charge in [-0.15, -0.1) is 0 Å². The van der Waals surface area contributed by atoms with Gasteiger partial charge < -0.3 is 4.90 Å². The molecular formula is C15H19BrFNO. The lowest BCUT2D eigenvalue weighted by Crippen LogP contribution is -2.43. The van der Waals surface area contributed by atoms with Crippen molar-refractivity contribution < 1.29 is 9.18 Å². The molecule has 0 saturated carbocycles. The van der Waals surface area contributed by atoms with Crippen LogP contribution < -0.4 is 0 Å². The van der Waals surface area contributed by atoms with Crippen LogP contribution in [0.25, 0.3) is 0 Å². The quantitative estimate of drug-likeness (QED) is 0.806. The second-order valence-corrected chi connectivity index (χ2v) is 5.92. The van der Waals surface area contributed by atoms with E-state index in [0.29, 0.717) is 16.1 Å². The van der Waals surface area contributed by atoms with Crippen LogP contribution in [0.3, 0.4) is 0 Å². The maximum atomic E-state index is 13.3. The molecule has 1 unspecified atom stereocenters. The van der Waals surface area contributed by atoms with Gasteiger partial charge in [0.05, 0.1) is 5.56 Å². The first-order valence-corrected chi connectivity index (χ1v) is 7.68. The van der Waals surface area contributed by atoms with E-state index in [0.717, 1.165) is 32.2 Å². The second kappa shape index (κ2) is 6.51. The normalized spacial score (nSPS) is 19.5. The standard InChI is InChI=1S/C15H19BrFNO/c1-2-5-12-6-3-4-9-18(12)15(19)13-10-11(17)7-8-14(13)16/h7-8,10,12H,2-6,9H2,1H3. The molecule has 2 nitrogen and oxygen atoms in total. The molecule has 0 bridgehead atoms. The summed E-state index contributed by atoms with van der Waals surface area (Å²) in [6.07, 6.45) is 5.38. The van der Waals surface area contributed by atoms with Gasteiger partial charge in [0.25, 0.3) is 5.91 Å². The third-order valence-corrected chi connectivity index (χ3v) is 4.36. The van der Waals surface area contributed by atoms with E-state index in [1.165, 1.54) is 18.6 Å². The molecule has 1 aromatic carbocycles. The van der Waals surface area contributed by atoms with E-state index in [1.54, 1.807) is 6.07 Å². The summed E-state index contributed by atoms with van der Waals surface area (Å²) in [5.41, 5.74) is 0.433. The lowest BCUT2D eigenvalue weighted by Gasteiger charge is -2.36. The van der Waals surface area contributed by atoms with E-state index in [1.807, 2.05) is 4.90 Å². The number of benzene rings is 1. The van der Waals surface area contributed by atoms with Crippen molar-refractivity contribution in [2.75, 3.05) is 6.54 Å². The minimum Gasteiger partial charge on any atom is -0.336 e. The average molecular weight is 328 g/mol. The lowest BCUT2D eigenvalue weighted by atomic mass is 9.97. The Balaban J connectivity index is 2.23. The molecule has 0 radical (unpaired) electrons. The first-order valence-electron chi connectivity index (χ1n) is 6.89. The first-order chi connectivity index (χ1) is 9.13. The van der Waals surface area contributed by atoms with Crippen molar-refractivity contribution in [1.82, 2.24) is 4.90 Å². The van der Waals surface area contributed by atoms with Crippen LogP contribution in [-0.2, 0) is 0 Å². The number of piperidine rings is 1. The molecule has 1 amide bonds. The average Bonchev–Trinajstić information content (AvgIpc) is 2.42. The molecule has 1 atom stereocenters. The molecule has 1 aliphatic rings. The summed E-state index contributed by atoms with van der Waals surface area (Å²) in [6.45, 7) is 2.92. The van der Waals surface area contributed by atoms with Gasteiger partial charge in [-0.3, -0.25) is 4.79 Å². The van der Waals surface area contributed by atoms with E-state index in [-0.39, 0.29) is 11.7 Å². The Kier molecular flexibility index (Phi) is 4.97. The Morgan fingerprint density at radius 1 is 1.47 bits per heavy atom. The maximum Gasteiger partial charge on any atom is 0.255 e. The molecule has 0 spiro atoms. The molecule has 0 aliphatic carbocycles. The predicted octanol–water partition coefficient (Wildman–Crippen LogP) is 4.38. The van der Waals surface area contributed by atoms with E-state index in [4.69, 9.17) is 0 Å². The number of nitrogens with zero attached hydrogens (tertiary/aromatic N) is 1. The highest BCUT2D eigenvalue weighted by Gasteiger charge is 2.27. The largest absolute Gasteiger partial charge is 0.336 e. The molecule has 104 valence electrons. The number of carbonyl (C=O) groups is 1. The van der Waals surface area contributed by atoms with Gasteiger partial charge in [0.2, 0.25) is 0 Å². The zero-order valence-corrected chi connectivity index (χ0v) is 12.7. The number of likely N-dealkylation sites (tertiary alicyclic amines) is 1. The molecule has 1 saturated heterocycles. The van der Waals surface area contributed by atoms with Crippen LogP contribution in [0.15, 0.2) is 22.7 Å². The van der Waals surface area contributed by atoms with Crippen LogP contribution in [0.5, 0.6) is 0 Å². The van der Waals surface area contributed by atoms with Gasteiger partial charge in [-0.05, 0) is 59.8 Å². The van der Waals surface area contributed by atoms with E-state index >= 15 is 0 Å². The van der Waals surface area contributed by atoms with Crippen LogP contribution in [0.1, 0.15) is 49.4 Å². The van der Waals surface area contributed by atoms with Gasteiger partial charge in [0.15, 0.2) is 0 Å². The number of carbonyl (C=O) groups excluding carboxylic acids is 1. The summed E-state index contributed by atoms with van der Waals surface area (Å²) in [5, 5.41) is 0. The highest BCUT2D eigenvalue weighted by molar-refractivity contribution is 9.10. The van der Waals surface area contributed by atoms with Crippen LogP contribution in [0.4, 0.5) is 4.39 Å². The SMILES string of the molecule is CCCC1CCCCN1C(=O)c1cc(F)ccc1Br. The summed E-state index contributed by atoms with van der Waals surface area (Å²) in [4.78, 5) is 14.5. The highest BCUT2D eigenvalue weighted by Crippen LogP contribution is 2.26. The zero-order valence-electron chi connectivity index (χ0n) is 11.2. The van der Waals surface area contributed by atoms with Crippen molar-refractivity contribution in [3.63, 3.8) is 0 Å². The van der Waals surface area contributed by atoms with E-state index in [2.05, 4.69) is 22.9 Å². The molecular weight excluding hydrogens is 309 g/mol. The number of hydrogen-bond acceptors (Lipinski definition) is 1. The van der Waals surface area contributed by atoms with Crippen molar-refractivity contribution in [1.29, 1.82) is 0 Å². The van der Waals surface area contributed by atoms with Gasteiger partial charge >= 0.3 is 0 Å². The van der Waals surface area contributed by atoms with Crippen molar-refractivity contribution in [3.05, 3.63) is 34.1 Å². The molecule has 2 rings (SSSR count). The van der Waals surface area contributed by atoms with Gasteiger partial charge in [-0.25, -0.2) is 4.39 Å². The fraction of sp³-hybridized carbons (Fsp3) is 0.533. The lowest BCUT2D eigenvalue weighted by molar-refractivity contribution is 0.0599. The molecule has 1 fully saturated rings. The van der Waals surface area contributed by atoms with Crippen LogP contribution >= 0.6 is 15.9 Å². The van der Waals surface area contributed by atoms with Gasteiger partial charge in [-0.2, -0.15) is 0 Å². The summed E-state index contributed by atoms with van der Waals surface area (Å²) in [6, 6.07) is 4.59. The fourth-order valence-corrected chi connectivity index (χ4v) is 3.13. The van der Waals surface area contributed by atoms with Crippen molar-refractivity contribution in [3.8, 4) is 0 Å². The molecule has 1 aromatic rings. The number of hydrogen-bond donors (Lipinski definition) is 0. The predicted molar refractivity (Wildman–Crippen MR) is 77.7 cm³/mol. The zero-order chi connectivity index (χ0) is 13.8. The molecule has 0 aromatic heterocycles. The van der Waals surface area contributed by atoms with Crippen molar-refractivity contribution >= 4 is 21.8 Å². The number of amides is 1. The molecule has 4 heteroatoms. The Bertz CT molecular complexity index is 461. The molecule has 19 heavy (non-hydrogen) atoms. The molecule has 1 heterocycles. The van der Waals surface area contributed by atoms with Gasteiger partial charge in [0, 0.05) is 17.1 Å². The van der Waals surface area contributed by atoms with E-state index < -0.39 is 0 Å². The van der Waals surface area contributed by atoms with Crippen LogP contribution in [-0.4, -0.2) is 23.4 Å². The molecule has 1 aliphatic heterocycles. The summed E-state index contributed by atoms with van der Waals surface area (Å²) < 4.78 is 14.0. The fourth-order valence-electron chi connectivity index (χ4n) is 2.72. The van der Waals surface area contributed by atoms with Crippen molar-refractivity contribution in [2.24, 2.45) is 0 Å². The Morgan fingerprint density at radius 2 is 2.26 bits per heavy atom. The Morgan fingerprint density at radius 3 is 3.00 bits per heavy atom. The Labute approximate surface area is 122 Å². The minimum atomic E-state index is -0.365. The third-order valence-electron chi connectivity index (χ3n) is 3.67. The molecule has 0 N–H and O–H groups in total. The third kappa shape index (κ3) is 3.35. The number of halogens is 2. The van der Waals surface area contributed by atoms with E-state index in [9.17, 15) is 9.18 Å². The topological polar surface area (TPSA) is 20.3 Å². The summed E-state index contributed by atoms with van der Waals surface area (Å²) in [5.74, 6) is -0.417. The Hall–Kier alpha value is -0.900. The monoisotopic (exact) mass is 327 g/mol. The van der Waals surface area contributed by atoms with Crippen LogP contribution in [0, 0.1) is 5.82 Å². The van der Waals surface area contributed by atoms with Crippen LogP contribution in [0.2, 0.25) is 0 Å². The van der Waals surface area contributed by atoms with Gasteiger partial charge in [0.1, 0.15) is 5.82 Å². The highest BCUT2D eigenvalue weighted by atomic mass is 79.9. The first kappa shape index (κ1) is 14.5.